The highest BCUT2D eigenvalue weighted by Crippen LogP contribution is 2.19. The third kappa shape index (κ3) is 2.72. The van der Waals surface area contributed by atoms with Crippen LogP contribution in [0.5, 0.6) is 0 Å². The van der Waals surface area contributed by atoms with Gasteiger partial charge < -0.3 is 9.15 Å². The number of para-hydroxylation sites is 1. The van der Waals surface area contributed by atoms with Gasteiger partial charge in [-0.3, -0.25) is 9.59 Å². The summed E-state index contributed by atoms with van der Waals surface area (Å²) in [6, 6.07) is 7.78. The van der Waals surface area contributed by atoms with Gasteiger partial charge in [-0.25, -0.2) is 4.79 Å². The molecule has 1 aliphatic carbocycles. The predicted molar refractivity (Wildman–Crippen MR) is 75.2 cm³/mol. The SMILES string of the molecule is O=C(O[C@@H]1CCCCC1=O)c1cc(=O)c2ccccc2o1. The van der Waals surface area contributed by atoms with Crippen LogP contribution in [-0.4, -0.2) is 17.9 Å². The van der Waals surface area contributed by atoms with E-state index in [1.807, 2.05) is 0 Å². The smallest absolute Gasteiger partial charge is 0.375 e. The third-order valence-corrected chi connectivity index (χ3v) is 3.58. The van der Waals surface area contributed by atoms with Crippen molar-refractivity contribution < 1.29 is 18.7 Å². The van der Waals surface area contributed by atoms with E-state index in [0.29, 0.717) is 23.8 Å². The molecule has 1 saturated carbocycles. The first kappa shape index (κ1) is 13.5. The van der Waals surface area contributed by atoms with Crippen LogP contribution >= 0.6 is 0 Å². The number of Topliss-reactive ketones (excluding diaryl/α,β-unsaturated/α-hetero) is 1. The molecular weight excluding hydrogens is 272 g/mol. The van der Waals surface area contributed by atoms with Gasteiger partial charge in [0.1, 0.15) is 5.58 Å². The van der Waals surface area contributed by atoms with Crippen molar-refractivity contribution in [2.45, 2.75) is 31.8 Å². The van der Waals surface area contributed by atoms with Crippen LogP contribution in [0.15, 0.2) is 39.5 Å². The fraction of sp³-hybridized carbons (Fsp3) is 0.312. The number of fused-ring (bicyclic) bond motifs is 1. The summed E-state index contributed by atoms with van der Waals surface area (Å²) < 4.78 is 10.6. The largest absolute Gasteiger partial charge is 0.449 e. The Hall–Kier alpha value is -2.43. The number of carbonyl (C=O) groups is 2. The molecule has 0 spiro atoms. The second kappa shape index (κ2) is 5.52. The van der Waals surface area contributed by atoms with Gasteiger partial charge in [0.15, 0.2) is 17.3 Å². The molecule has 0 amide bonds. The Kier molecular flexibility index (Phi) is 3.56. The molecule has 0 bridgehead atoms. The Morgan fingerprint density at radius 3 is 2.81 bits per heavy atom. The molecule has 21 heavy (non-hydrogen) atoms. The number of rotatable bonds is 2. The van der Waals surface area contributed by atoms with Gasteiger partial charge in [0, 0.05) is 12.5 Å². The van der Waals surface area contributed by atoms with Gasteiger partial charge in [0.25, 0.3) is 0 Å². The van der Waals surface area contributed by atoms with Crippen molar-refractivity contribution >= 4 is 22.7 Å². The molecule has 0 saturated heterocycles. The van der Waals surface area contributed by atoms with Crippen LogP contribution in [0.2, 0.25) is 0 Å². The Balaban J connectivity index is 1.87. The highest BCUT2D eigenvalue weighted by Gasteiger charge is 2.27. The van der Waals surface area contributed by atoms with Gasteiger partial charge in [-0.15, -0.1) is 0 Å². The molecule has 0 radical (unpaired) electrons. The molecule has 2 aromatic rings. The minimum Gasteiger partial charge on any atom is -0.449 e. The summed E-state index contributed by atoms with van der Waals surface area (Å²) in [7, 11) is 0. The van der Waals surface area contributed by atoms with E-state index >= 15 is 0 Å². The number of esters is 1. The molecule has 108 valence electrons. The maximum absolute atomic E-state index is 12.0. The first-order chi connectivity index (χ1) is 10.1. The normalized spacial score (nSPS) is 18.7. The van der Waals surface area contributed by atoms with Gasteiger partial charge in [-0.05, 0) is 31.4 Å². The molecular formula is C16H14O5. The van der Waals surface area contributed by atoms with Crippen molar-refractivity contribution in [2.75, 3.05) is 0 Å². The first-order valence-corrected chi connectivity index (χ1v) is 6.92. The van der Waals surface area contributed by atoms with E-state index in [-0.39, 0.29) is 17.0 Å². The second-order valence-electron chi connectivity index (χ2n) is 5.08. The van der Waals surface area contributed by atoms with E-state index in [9.17, 15) is 14.4 Å². The number of ether oxygens (including phenoxy) is 1. The summed E-state index contributed by atoms with van der Waals surface area (Å²) in [4.78, 5) is 35.6. The molecule has 0 N–H and O–H groups in total. The molecule has 1 aromatic heterocycles. The molecule has 0 unspecified atom stereocenters. The van der Waals surface area contributed by atoms with Gasteiger partial charge >= 0.3 is 5.97 Å². The van der Waals surface area contributed by atoms with Crippen molar-refractivity contribution in [3.8, 4) is 0 Å². The van der Waals surface area contributed by atoms with Gasteiger partial charge in [-0.2, -0.15) is 0 Å². The first-order valence-electron chi connectivity index (χ1n) is 6.92. The van der Waals surface area contributed by atoms with Crippen molar-refractivity contribution in [1.29, 1.82) is 0 Å². The zero-order valence-electron chi connectivity index (χ0n) is 11.3. The maximum Gasteiger partial charge on any atom is 0.375 e. The van der Waals surface area contributed by atoms with E-state index in [1.54, 1.807) is 24.3 Å². The average Bonchev–Trinajstić information content (AvgIpc) is 2.49. The van der Waals surface area contributed by atoms with Crippen molar-refractivity contribution in [3.05, 3.63) is 46.3 Å². The Labute approximate surface area is 120 Å². The number of hydrogen-bond donors (Lipinski definition) is 0. The van der Waals surface area contributed by atoms with E-state index < -0.39 is 12.1 Å². The third-order valence-electron chi connectivity index (χ3n) is 3.58. The Bertz CT molecular complexity index is 759. The van der Waals surface area contributed by atoms with Crippen molar-refractivity contribution in [2.24, 2.45) is 0 Å². The second-order valence-corrected chi connectivity index (χ2v) is 5.08. The minimum absolute atomic E-state index is 0.0715. The molecule has 1 aromatic carbocycles. The van der Waals surface area contributed by atoms with Crippen molar-refractivity contribution in [1.82, 2.24) is 0 Å². The predicted octanol–water partition coefficient (Wildman–Crippen LogP) is 2.46. The lowest BCUT2D eigenvalue weighted by Gasteiger charge is -2.20. The summed E-state index contributed by atoms with van der Waals surface area (Å²) in [6.45, 7) is 0. The Morgan fingerprint density at radius 2 is 2.00 bits per heavy atom. The number of carbonyl (C=O) groups excluding carboxylic acids is 2. The standard InChI is InChI=1S/C16H14O5/c17-11-6-2-4-8-14(11)21-16(19)15-9-12(18)10-5-1-3-7-13(10)20-15/h1,3,5,7,9,14H,2,4,6,8H2/t14-/m1/s1. The van der Waals surface area contributed by atoms with Crippen LogP contribution in [0.1, 0.15) is 36.2 Å². The maximum atomic E-state index is 12.0. The molecule has 5 nitrogen and oxygen atoms in total. The molecule has 0 aliphatic heterocycles. The average molecular weight is 286 g/mol. The number of ketones is 1. The van der Waals surface area contributed by atoms with Crippen LogP contribution in [-0.2, 0) is 9.53 Å². The quantitative estimate of drug-likeness (QED) is 0.793. The van der Waals surface area contributed by atoms with Crippen molar-refractivity contribution in [3.63, 3.8) is 0 Å². The summed E-state index contributed by atoms with van der Waals surface area (Å²) in [6.07, 6.45) is 1.92. The summed E-state index contributed by atoms with van der Waals surface area (Å²) in [5, 5.41) is 0.405. The lowest BCUT2D eigenvalue weighted by molar-refractivity contribution is -0.130. The lowest BCUT2D eigenvalue weighted by atomic mass is 9.96. The van der Waals surface area contributed by atoms with Crippen LogP contribution in [0.3, 0.4) is 0 Å². The van der Waals surface area contributed by atoms with E-state index in [2.05, 4.69) is 0 Å². The van der Waals surface area contributed by atoms with E-state index in [1.165, 1.54) is 0 Å². The topological polar surface area (TPSA) is 73.6 Å². The van der Waals surface area contributed by atoms with Crippen LogP contribution < -0.4 is 5.43 Å². The zero-order chi connectivity index (χ0) is 14.8. The molecule has 3 rings (SSSR count). The van der Waals surface area contributed by atoms with Gasteiger partial charge in [0.05, 0.1) is 5.39 Å². The van der Waals surface area contributed by atoms with E-state index in [0.717, 1.165) is 18.9 Å². The number of benzene rings is 1. The Morgan fingerprint density at radius 1 is 1.19 bits per heavy atom. The lowest BCUT2D eigenvalue weighted by Crippen LogP contribution is -2.30. The summed E-state index contributed by atoms with van der Waals surface area (Å²) in [5.41, 5.74) is 0.0192. The molecule has 1 fully saturated rings. The number of hydrogen-bond acceptors (Lipinski definition) is 5. The zero-order valence-corrected chi connectivity index (χ0v) is 11.3. The van der Waals surface area contributed by atoms with Crippen LogP contribution in [0.25, 0.3) is 11.0 Å². The molecule has 1 atom stereocenters. The molecule has 5 heteroatoms. The van der Waals surface area contributed by atoms with Gasteiger partial charge in [0.2, 0.25) is 5.76 Å². The fourth-order valence-electron chi connectivity index (χ4n) is 2.47. The van der Waals surface area contributed by atoms with Crippen LogP contribution in [0.4, 0.5) is 0 Å². The fourth-order valence-corrected chi connectivity index (χ4v) is 2.47. The minimum atomic E-state index is -0.766. The summed E-state index contributed by atoms with van der Waals surface area (Å²) >= 11 is 0. The molecule has 1 aliphatic rings. The van der Waals surface area contributed by atoms with Crippen LogP contribution in [0, 0.1) is 0 Å². The summed E-state index contributed by atoms with van der Waals surface area (Å²) in [5.74, 6) is -1.01. The molecule has 1 heterocycles. The highest BCUT2D eigenvalue weighted by atomic mass is 16.6. The van der Waals surface area contributed by atoms with Gasteiger partial charge in [-0.1, -0.05) is 12.1 Å². The van der Waals surface area contributed by atoms with E-state index in [4.69, 9.17) is 9.15 Å². The monoisotopic (exact) mass is 286 g/mol. The highest BCUT2D eigenvalue weighted by molar-refractivity contribution is 5.92.